The Labute approximate surface area is 109 Å². The number of nitrogens with one attached hydrogen (secondary N) is 1. The topological polar surface area (TPSA) is 21.3 Å². The van der Waals surface area contributed by atoms with E-state index in [0.717, 1.165) is 38.1 Å². The highest BCUT2D eigenvalue weighted by atomic mass is 16.5. The third-order valence-electron chi connectivity index (χ3n) is 3.22. The average Bonchev–Trinajstić information content (AvgIpc) is 2.31. The SMILES string of the molecule is CCCCC(CC)COCCNCCC(C)C. The van der Waals surface area contributed by atoms with Crippen LogP contribution in [0.25, 0.3) is 0 Å². The van der Waals surface area contributed by atoms with Crippen molar-refractivity contribution in [3.05, 3.63) is 0 Å². The molecule has 0 aliphatic carbocycles. The molecule has 0 heterocycles. The Hall–Kier alpha value is -0.0800. The van der Waals surface area contributed by atoms with Gasteiger partial charge in [-0.25, -0.2) is 0 Å². The second kappa shape index (κ2) is 12.4. The first kappa shape index (κ1) is 16.9. The maximum Gasteiger partial charge on any atom is 0.0591 e. The molecule has 17 heavy (non-hydrogen) atoms. The predicted octanol–water partition coefficient (Wildman–Crippen LogP) is 3.86. The Balaban J connectivity index is 3.24. The first-order valence-electron chi connectivity index (χ1n) is 7.49. The summed E-state index contributed by atoms with van der Waals surface area (Å²) in [4.78, 5) is 0. The van der Waals surface area contributed by atoms with E-state index in [-0.39, 0.29) is 0 Å². The summed E-state index contributed by atoms with van der Waals surface area (Å²) in [5.41, 5.74) is 0. The smallest absolute Gasteiger partial charge is 0.0591 e. The van der Waals surface area contributed by atoms with E-state index < -0.39 is 0 Å². The summed E-state index contributed by atoms with van der Waals surface area (Å²) in [6, 6.07) is 0. The fourth-order valence-electron chi connectivity index (χ4n) is 1.81. The zero-order valence-corrected chi connectivity index (χ0v) is 12.4. The van der Waals surface area contributed by atoms with Crippen LogP contribution in [0.3, 0.4) is 0 Å². The van der Waals surface area contributed by atoms with Crippen molar-refractivity contribution in [3.8, 4) is 0 Å². The molecule has 1 N–H and O–H groups in total. The molecular formula is C15H33NO. The van der Waals surface area contributed by atoms with Crippen molar-refractivity contribution < 1.29 is 4.74 Å². The van der Waals surface area contributed by atoms with Gasteiger partial charge < -0.3 is 10.1 Å². The van der Waals surface area contributed by atoms with E-state index in [1.165, 1.54) is 32.1 Å². The van der Waals surface area contributed by atoms with E-state index >= 15 is 0 Å². The van der Waals surface area contributed by atoms with Gasteiger partial charge in [-0.15, -0.1) is 0 Å². The Morgan fingerprint density at radius 1 is 1.06 bits per heavy atom. The van der Waals surface area contributed by atoms with Crippen molar-refractivity contribution in [1.29, 1.82) is 0 Å². The lowest BCUT2D eigenvalue weighted by Gasteiger charge is -2.15. The second-order valence-corrected chi connectivity index (χ2v) is 5.42. The van der Waals surface area contributed by atoms with Crippen molar-refractivity contribution in [2.45, 2.75) is 59.8 Å². The van der Waals surface area contributed by atoms with Gasteiger partial charge in [-0.05, 0) is 31.2 Å². The fourth-order valence-corrected chi connectivity index (χ4v) is 1.81. The number of rotatable bonds is 12. The summed E-state index contributed by atoms with van der Waals surface area (Å²) < 4.78 is 5.73. The fraction of sp³-hybridized carbons (Fsp3) is 1.00. The summed E-state index contributed by atoms with van der Waals surface area (Å²) in [6.45, 7) is 13.0. The molecule has 0 saturated carbocycles. The lowest BCUT2D eigenvalue weighted by Crippen LogP contribution is -2.23. The van der Waals surface area contributed by atoms with E-state index in [1.54, 1.807) is 0 Å². The Kier molecular flexibility index (Phi) is 12.3. The number of hydrogen-bond acceptors (Lipinski definition) is 2. The van der Waals surface area contributed by atoms with Crippen molar-refractivity contribution >= 4 is 0 Å². The molecule has 104 valence electrons. The normalized spacial score (nSPS) is 13.2. The van der Waals surface area contributed by atoms with Crippen LogP contribution in [0.4, 0.5) is 0 Å². The van der Waals surface area contributed by atoms with Crippen LogP contribution < -0.4 is 5.32 Å². The zero-order valence-electron chi connectivity index (χ0n) is 12.4. The number of ether oxygens (including phenoxy) is 1. The van der Waals surface area contributed by atoms with Crippen molar-refractivity contribution in [2.75, 3.05) is 26.3 Å². The molecule has 0 aromatic carbocycles. The molecule has 1 unspecified atom stereocenters. The van der Waals surface area contributed by atoms with E-state index in [1.807, 2.05) is 0 Å². The standard InChI is InChI=1S/C15H33NO/c1-5-7-8-15(6-2)13-17-12-11-16-10-9-14(3)4/h14-16H,5-13H2,1-4H3. The minimum absolute atomic E-state index is 0.769. The van der Waals surface area contributed by atoms with E-state index in [2.05, 4.69) is 33.0 Å². The lowest BCUT2D eigenvalue weighted by atomic mass is 10.0. The van der Waals surface area contributed by atoms with Gasteiger partial charge in [0.2, 0.25) is 0 Å². The maximum absolute atomic E-state index is 5.73. The van der Waals surface area contributed by atoms with E-state index in [0.29, 0.717) is 0 Å². The van der Waals surface area contributed by atoms with Gasteiger partial charge >= 0.3 is 0 Å². The Morgan fingerprint density at radius 3 is 2.41 bits per heavy atom. The van der Waals surface area contributed by atoms with Gasteiger partial charge in [0.05, 0.1) is 6.61 Å². The van der Waals surface area contributed by atoms with Crippen LogP contribution >= 0.6 is 0 Å². The average molecular weight is 243 g/mol. The van der Waals surface area contributed by atoms with Crippen molar-refractivity contribution in [2.24, 2.45) is 11.8 Å². The highest BCUT2D eigenvalue weighted by Gasteiger charge is 2.05. The molecule has 0 aromatic heterocycles. The molecule has 0 rings (SSSR count). The largest absolute Gasteiger partial charge is 0.380 e. The summed E-state index contributed by atoms with van der Waals surface area (Å²) in [5, 5.41) is 3.43. The first-order chi connectivity index (χ1) is 8.20. The van der Waals surface area contributed by atoms with E-state index in [4.69, 9.17) is 4.74 Å². The molecule has 0 fully saturated rings. The third kappa shape index (κ3) is 12.2. The lowest BCUT2D eigenvalue weighted by molar-refractivity contribution is 0.0956. The van der Waals surface area contributed by atoms with Crippen LogP contribution in [0.1, 0.15) is 59.8 Å². The molecule has 0 aromatic rings. The van der Waals surface area contributed by atoms with Gasteiger partial charge in [0.1, 0.15) is 0 Å². The van der Waals surface area contributed by atoms with Crippen molar-refractivity contribution in [1.82, 2.24) is 5.32 Å². The van der Waals surface area contributed by atoms with Crippen LogP contribution in [-0.2, 0) is 4.74 Å². The summed E-state index contributed by atoms with van der Waals surface area (Å²) in [7, 11) is 0. The van der Waals surface area contributed by atoms with Gasteiger partial charge in [-0.2, -0.15) is 0 Å². The van der Waals surface area contributed by atoms with Crippen LogP contribution in [0.15, 0.2) is 0 Å². The van der Waals surface area contributed by atoms with Crippen LogP contribution in [-0.4, -0.2) is 26.3 Å². The molecule has 0 aliphatic rings. The molecule has 2 nitrogen and oxygen atoms in total. The molecular weight excluding hydrogens is 210 g/mol. The zero-order chi connectivity index (χ0) is 12.9. The maximum atomic E-state index is 5.73. The molecule has 0 saturated heterocycles. The number of hydrogen-bond donors (Lipinski definition) is 1. The quantitative estimate of drug-likeness (QED) is 0.526. The van der Waals surface area contributed by atoms with Crippen LogP contribution in [0.5, 0.6) is 0 Å². The Morgan fingerprint density at radius 2 is 1.82 bits per heavy atom. The highest BCUT2D eigenvalue weighted by Crippen LogP contribution is 2.12. The molecule has 0 amide bonds. The molecule has 0 radical (unpaired) electrons. The summed E-state index contributed by atoms with van der Waals surface area (Å²) in [5.74, 6) is 1.56. The van der Waals surface area contributed by atoms with Gasteiger partial charge in [-0.1, -0.05) is 47.0 Å². The van der Waals surface area contributed by atoms with Gasteiger partial charge in [0.25, 0.3) is 0 Å². The van der Waals surface area contributed by atoms with E-state index in [9.17, 15) is 0 Å². The first-order valence-corrected chi connectivity index (χ1v) is 7.49. The van der Waals surface area contributed by atoms with Crippen LogP contribution in [0.2, 0.25) is 0 Å². The Bertz CT molecular complexity index is 148. The minimum Gasteiger partial charge on any atom is -0.380 e. The van der Waals surface area contributed by atoms with Gasteiger partial charge in [0, 0.05) is 13.2 Å². The van der Waals surface area contributed by atoms with Gasteiger partial charge in [-0.3, -0.25) is 0 Å². The summed E-state index contributed by atoms with van der Waals surface area (Å²) in [6.07, 6.45) is 6.48. The van der Waals surface area contributed by atoms with Crippen molar-refractivity contribution in [3.63, 3.8) is 0 Å². The van der Waals surface area contributed by atoms with Gasteiger partial charge in [0.15, 0.2) is 0 Å². The molecule has 0 bridgehead atoms. The minimum atomic E-state index is 0.769. The highest BCUT2D eigenvalue weighted by molar-refractivity contribution is 4.56. The predicted molar refractivity (Wildman–Crippen MR) is 76.4 cm³/mol. The monoisotopic (exact) mass is 243 g/mol. The molecule has 2 heteroatoms. The third-order valence-corrected chi connectivity index (χ3v) is 3.22. The summed E-state index contributed by atoms with van der Waals surface area (Å²) >= 11 is 0. The second-order valence-electron chi connectivity index (χ2n) is 5.42. The van der Waals surface area contributed by atoms with Crippen LogP contribution in [0, 0.1) is 11.8 Å². The molecule has 0 aliphatic heterocycles. The number of unbranched alkanes of at least 4 members (excludes halogenated alkanes) is 1. The molecule has 0 spiro atoms. The molecule has 1 atom stereocenters.